The zero-order valence-electron chi connectivity index (χ0n) is 20.5. The first-order valence-electron chi connectivity index (χ1n) is 12.1. The number of carbonyl (C=O) groups is 3. The number of amides is 3. The third kappa shape index (κ3) is 6.28. The van der Waals surface area contributed by atoms with E-state index in [1.807, 2.05) is 42.5 Å². The van der Waals surface area contributed by atoms with Gasteiger partial charge in [0.25, 0.3) is 0 Å². The lowest BCUT2D eigenvalue weighted by molar-refractivity contribution is -0.141. The molecule has 2 unspecified atom stereocenters. The lowest BCUT2D eigenvalue weighted by atomic mass is 10.1. The number of aromatic nitrogens is 1. The van der Waals surface area contributed by atoms with Crippen LogP contribution in [-0.2, 0) is 32.3 Å². The van der Waals surface area contributed by atoms with Crippen molar-refractivity contribution >= 4 is 17.7 Å². The summed E-state index contributed by atoms with van der Waals surface area (Å²) in [4.78, 5) is 48.2. The van der Waals surface area contributed by atoms with E-state index >= 15 is 0 Å². The molecule has 4 rings (SSSR count). The molecule has 3 heterocycles. The van der Waals surface area contributed by atoms with Gasteiger partial charge in [-0.1, -0.05) is 24.3 Å². The van der Waals surface area contributed by atoms with E-state index in [0.29, 0.717) is 32.8 Å². The van der Waals surface area contributed by atoms with Gasteiger partial charge in [0.1, 0.15) is 5.75 Å². The van der Waals surface area contributed by atoms with Crippen LogP contribution in [-0.4, -0.2) is 83.3 Å². The molecule has 36 heavy (non-hydrogen) atoms. The largest absolute Gasteiger partial charge is 0.497 e. The number of carbonyl (C=O) groups excluding carboxylic acids is 3. The molecular weight excluding hydrogens is 460 g/mol. The van der Waals surface area contributed by atoms with Gasteiger partial charge in [-0.3, -0.25) is 19.4 Å². The predicted molar refractivity (Wildman–Crippen MR) is 133 cm³/mol. The van der Waals surface area contributed by atoms with E-state index in [4.69, 9.17) is 9.47 Å². The summed E-state index contributed by atoms with van der Waals surface area (Å²) < 4.78 is 11.5. The van der Waals surface area contributed by atoms with Gasteiger partial charge in [0, 0.05) is 38.8 Å². The third-order valence-corrected chi connectivity index (χ3v) is 6.45. The molecule has 1 aromatic heterocycles. The minimum atomic E-state index is -0.480. The molecule has 1 aromatic carbocycles. The molecule has 2 fully saturated rings. The highest BCUT2D eigenvalue weighted by molar-refractivity contribution is 5.91. The number of likely N-dealkylation sites (tertiary alicyclic amines) is 1. The Morgan fingerprint density at radius 1 is 1.11 bits per heavy atom. The monoisotopic (exact) mass is 492 g/mol. The molecule has 2 aliphatic heterocycles. The zero-order chi connectivity index (χ0) is 25.5. The molecule has 2 aliphatic rings. The van der Waals surface area contributed by atoms with Gasteiger partial charge in [0.2, 0.25) is 17.7 Å². The lowest BCUT2D eigenvalue weighted by Crippen LogP contribution is -2.43. The number of pyridine rings is 1. The van der Waals surface area contributed by atoms with Gasteiger partial charge in [-0.05, 0) is 29.8 Å². The van der Waals surface area contributed by atoms with Crippen molar-refractivity contribution in [3.05, 3.63) is 72.6 Å². The number of benzene rings is 1. The SMILES string of the molecule is C=CCN1CC(C(=O)N2CC(=O)N(Cc3ccccn3)CC(OCc3cccc(OC)c3)C2)CC1=O. The summed E-state index contributed by atoms with van der Waals surface area (Å²) in [5.74, 6) is -0.189. The molecule has 9 nitrogen and oxygen atoms in total. The van der Waals surface area contributed by atoms with Gasteiger partial charge in [-0.2, -0.15) is 0 Å². The van der Waals surface area contributed by atoms with E-state index in [1.165, 1.54) is 0 Å². The van der Waals surface area contributed by atoms with Crippen molar-refractivity contribution in [2.75, 3.05) is 39.8 Å². The van der Waals surface area contributed by atoms with E-state index in [-0.39, 0.29) is 37.2 Å². The molecular formula is C27H32N4O5. The Morgan fingerprint density at radius 3 is 2.72 bits per heavy atom. The number of hydrogen-bond donors (Lipinski definition) is 0. The summed E-state index contributed by atoms with van der Waals surface area (Å²) in [6.07, 6.45) is 3.08. The highest BCUT2D eigenvalue weighted by Crippen LogP contribution is 2.23. The maximum absolute atomic E-state index is 13.4. The average molecular weight is 493 g/mol. The lowest BCUT2D eigenvalue weighted by Gasteiger charge is -2.26. The van der Waals surface area contributed by atoms with Crippen molar-refractivity contribution in [3.63, 3.8) is 0 Å². The van der Waals surface area contributed by atoms with Gasteiger partial charge in [-0.15, -0.1) is 6.58 Å². The summed E-state index contributed by atoms with van der Waals surface area (Å²) >= 11 is 0. The Morgan fingerprint density at radius 2 is 1.97 bits per heavy atom. The van der Waals surface area contributed by atoms with Gasteiger partial charge in [-0.25, -0.2) is 0 Å². The van der Waals surface area contributed by atoms with Gasteiger partial charge in [0.05, 0.1) is 44.5 Å². The normalized spacial score (nSPS) is 20.4. The Kier molecular flexibility index (Phi) is 8.32. The molecule has 2 saturated heterocycles. The fourth-order valence-electron chi connectivity index (χ4n) is 4.60. The maximum Gasteiger partial charge on any atom is 0.242 e. The van der Waals surface area contributed by atoms with Gasteiger partial charge in [0.15, 0.2) is 0 Å². The quantitative estimate of drug-likeness (QED) is 0.497. The van der Waals surface area contributed by atoms with Crippen LogP contribution in [0.2, 0.25) is 0 Å². The van der Waals surface area contributed by atoms with E-state index in [1.54, 1.807) is 34.1 Å². The summed E-state index contributed by atoms with van der Waals surface area (Å²) in [6.45, 7) is 5.60. The molecule has 0 spiro atoms. The highest BCUT2D eigenvalue weighted by atomic mass is 16.5. The number of hydrogen-bond acceptors (Lipinski definition) is 6. The first kappa shape index (κ1) is 25.4. The first-order chi connectivity index (χ1) is 17.5. The van der Waals surface area contributed by atoms with Crippen LogP contribution in [0.1, 0.15) is 17.7 Å². The second kappa shape index (κ2) is 11.8. The number of ether oxygens (including phenoxy) is 2. The summed E-state index contributed by atoms with van der Waals surface area (Å²) in [5.41, 5.74) is 1.69. The van der Waals surface area contributed by atoms with Crippen LogP contribution in [0, 0.1) is 5.92 Å². The molecule has 0 N–H and O–H groups in total. The Bertz CT molecular complexity index is 1090. The zero-order valence-corrected chi connectivity index (χ0v) is 20.5. The first-order valence-corrected chi connectivity index (χ1v) is 12.1. The van der Waals surface area contributed by atoms with Crippen molar-refractivity contribution in [1.29, 1.82) is 0 Å². The van der Waals surface area contributed by atoms with E-state index in [2.05, 4.69) is 11.6 Å². The molecule has 3 amide bonds. The molecule has 0 aliphatic carbocycles. The molecule has 0 saturated carbocycles. The predicted octanol–water partition coefficient (Wildman–Crippen LogP) is 1.88. The Balaban J connectivity index is 1.50. The number of rotatable bonds is 9. The molecule has 9 heteroatoms. The number of nitrogens with zero attached hydrogens (tertiary/aromatic N) is 4. The minimum Gasteiger partial charge on any atom is -0.497 e. The van der Waals surface area contributed by atoms with Gasteiger partial charge < -0.3 is 24.2 Å². The second-order valence-electron chi connectivity index (χ2n) is 9.09. The fourth-order valence-corrected chi connectivity index (χ4v) is 4.60. The number of methoxy groups -OCH3 is 1. The topological polar surface area (TPSA) is 92.3 Å². The van der Waals surface area contributed by atoms with Gasteiger partial charge >= 0.3 is 0 Å². The van der Waals surface area contributed by atoms with Crippen LogP contribution in [0.5, 0.6) is 5.75 Å². The van der Waals surface area contributed by atoms with Crippen molar-refractivity contribution in [2.24, 2.45) is 5.92 Å². The molecule has 190 valence electrons. The summed E-state index contributed by atoms with van der Waals surface area (Å²) in [5, 5.41) is 0. The van der Waals surface area contributed by atoms with Crippen molar-refractivity contribution in [1.82, 2.24) is 19.7 Å². The van der Waals surface area contributed by atoms with Crippen LogP contribution in [0.25, 0.3) is 0 Å². The average Bonchev–Trinajstić information content (AvgIpc) is 3.18. The van der Waals surface area contributed by atoms with Crippen LogP contribution in [0.15, 0.2) is 61.3 Å². The van der Waals surface area contributed by atoms with E-state index < -0.39 is 12.0 Å². The minimum absolute atomic E-state index is 0.0587. The second-order valence-corrected chi connectivity index (χ2v) is 9.09. The van der Waals surface area contributed by atoms with Crippen molar-refractivity contribution < 1.29 is 23.9 Å². The third-order valence-electron chi connectivity index (χ3n) is 6.45. The Hall–Kier alpha value is -3.72. The molecule has 2 atom stereocenters. The summed E-state index contributed by atoms with van der Waals surface area (Å²) in [7, 11) is 1.61. The smallest absolute Gasteiger partial charge is 0.242 e. The van der Waals surface area contributed by atoms with E-state index in [9.17, 15) is 14.4 Å². The van der Waals surface area contributed by atoms with Crippen LogP contribution in [0.4, 0.5) is 0 Å². The molecule has 0 bridgehead atoms. The van der Waals surface area contributed by atoms with Crippen LogP contribution >= 0.6 is 0 Å². The fraction of sp³-hybridized carbons (Fsp3) is 0.407. The molecule has 2 aromatic rings. The molecule has 0 radical (unpaired) electrons. The maximum atomic E-state index is 13.4. The summed E-state index contributed by atoms with van der Waals surface area (Å²) in [6, 6.07) is 13.2. The van der Waals surface area contributed by atoms with Crippen LogP contribution in [0.3, 0.4) is 0 Å². The van der Waals surface area contributed by atoms with Crippen molar-refractivity contribution in [3.8, 4) is 5.75 Å². The highest BCUT2D eigenvalue weighted by Gasteiger charge is 2.39. The standard InChI is InChI=1S/C27H32N4O5/c1-3-11-29-14-21(13-25(29)32)27(34)31-17-24(36-19-20-7-6-9-23(12-20)35-2)16-30(26(33)18-31)15-22-8-4-5-10-28-22/h3-10,12,21,24H,1,11,13-19H2,2H3. The van der Waals surface area contributed by atoms with Crippen molar-refractivity contribution in [2.45, 2.75) is 25.7 Å². The van der Waals surface area contributed by atoms with Crippen LogP contribution < -0.4 is 4.74 Å². The Labute approximate surface area is 211 Å². The van der Waals surface area contributed by atoms with E-state index in [0.717, 1.165) is 17.0 Å².